The lowest BCUT2D eigenvalue weighted by Gasteiger charge is -2.05. The number of nitrogens with one attached hydrogen (secondary N) is 1. The summed E-state index contributed by atoms with van der Waals surface area (Å²) in [5.41, 5.74) is 9.99. The van der Waals surface area contributed by atoms with Gasteiger partial charge in [-0.05, 0) is 20.3 Å². The van der Waals surface area contributed by atoms with Gasteiger partial charge in [-0.25, -0.2) is 11.4 Å². The van der Waals surface area contributed by atoms with E-state index in [1.165, 1.54) is 5.57 Å². The van der Waals surface area contributed by atoms with Crippen LogP contribution in [0.2, 0.25) is 0 Å². The van der Waals surface area contributed by atoms with Crippen molar-refractivity contribution in [1.82, 2.24) is 5.53 Å². The molecule has 0 spiro atoms. The van der Waals surface area contributed by atoms with Crippen molar-refractivity contribution in [2.24, 2.45) is 16.7 Å². The zero-order valence-corrected chi connectivity index (χ0v) is 8.46. The summed E-state index contributed by atoms with van der Waals surface area (Å²) in [7, 11) is 0. The average Bonchev–Trinajstić information content (AvgIpc) is 2.13. The fourth-order valence-electron chi connectivity index (χ4n) is 0.933. The van der Waals surface area contributed by atoms with E-state index in [1.807, 2.05) is 26.0 Å². The molecule has 0 aromatic heterocycles. The van der Waals surface area contributed by atoms with Gasteiger partial charge in [0.2, 0.25) is 0 Å². The fourth-order valence-corrected chi connectivity index (χ4v) is 0.933. The average molecular weight is 182 g/mol. The summed E-state index contributed by atoms with van der Waals surface area (Å²) in [6.45, 7) is 6.03. The molecule has 0 saturated carbocycles. The van der Waals surface area contributed by atoms with Gasteiger partial charge in [-0.15, -0.1) is 5.10 Å². The summed E-state index contributed by atoms with van der Waals surface area (Å²) in [6, 6.07) is 0. The largest absolute Gasteiger partial charge is 0.382 e. The minimum absolute atomic E-state index is 0.417. The molecule has 0 aliphatic rings. The Kier molecular flexibility index (Phi) is 5.63. The molecule has 0 fully saturated rings. The molecule has 4 nitrogen and oxygen atoms in total. The van der Waals surface area contributed by atoms with Gasteiger partial charge in [0.25, 0.3) is 0 Å². The van der Waals surface area contributed by atoms with Crippen LogP contribution in [0.4, 0.5) is 0 Å². The normalized spacial score (nSPS) is 14.6. The molecule has 0 saturated heterocycles. The smallest absolute Gasteiger partial charge is 0.152 e. The van der Waals surface area contributed by atoms with Gasteiger partial charge in [-0.1, -0.05) is 24.6 Å². The summed E-state index contributed by atoms with van der Waals surface area (Å²) in [5, 5.41) is 3.73. The van der Waals surface area contributed by atoms with E-state index >= 15 is 0 Å². The van der Waals surface area contributed by atoms with E-state index in [4.69, 9.17) is 11.6 Å². The molecule has 0 aromatic rings. The van der Waals surface area contributed by atoms with Gasteiger partial charge < -0.3 is 5.73 Å². The maximum atomic E-state index is 5.69. The van der Waals surface area contributed by atoms with E-state index in [2.05, 4.69) is 17.6 Å². The Labute approximate surface area is 79.3 Å². The van der Waals surface area contributed by atoms with Crippen molar-refractivity contribution in [3.05, 3.63) is 23.3 Å². The van der Waals surface area contributed by atoms with Gasteiger partial charge >= 0.3 is 0 Å². The second kappa shape index (κ2) is 6.25. The lowest BCUT2D eigenvalue weighted by Crippen LogP contribution is -2.23. The van der Waals surface area contributed by atoms with Crippen molar-refractivity contribution < 1.29 is 0 Å². The first-order chi connectivity index (χ1) is 6.17. The molecule has 4 heteroatoms. The van der Waals surface area contributed by atoms with Crippen molar-refractivity contribution >= 4 is 5.84 Å². The first kappa shape index (κ1) is 11.7. The van der Waals surface area contributed by atoms with Crippen LogP contribution in [0.25, 0.3) is 0 Å². The highest BCUT2D eigenvalue weighted by Gasteiger charge is 2.01. The summed E-state index contributed by atoms with van der Waals surface area (Å²) in [4.78, 5) is 0. The summed E-state index contributed by atoms with van der Waals surface area (Å²) in [5.74, 6) is 5.46. The molecule has 0 unspecified atom stereocenters. The fraction of sp³-hybridized carbons (Fsp3) is 0.444. The van der Waals surface area contributed by atoms with Crippen LogP contribution in [0.5, 0.6) is 0 Å². The number of nitrogens with two attached hydrogens (primary N) is 2. The monoisotopic (exact) mass is 182 g/mol. The van der Waals surface area contributed by atoms with Crippen LogP contribution in [-0.4, -0.2) is 5.84 Å². The molecular formula is C9H18N4. The van der Waals surface area contributed by atoms with Crippen LogP contribution in [0.15, 0.2) is 28.4 Å². The SMILES string of the molecule is C\C=C/C(C(/N)=N/NN)=C(/C)CC. The van der Waals surface area contributed by atoms with Crippen LogP contribution in [0.3, 0.4) is 0 Å². The van der Waals surface area contributed by atoms with E-state index in [-0.39, 0.29) is 0 Å². The molecule has 0 aromatic carbocycles. The zero-order chi connectivity index (χ0) is 10.3. The molecule has 0 radical (unpaired) electrons. The standard InChI is InChI=1S/C9H18N4/c1-4-6-8(7(3)5-2)9(10)12-13-11/h4,6,13H,5,11H2,1-3H3,(H2,10,12)/b6-4-,8-7+. The number of hydrogen-bond acceptors (Lipinski definition) is 3. The van der Waals surface area contributed by atoms with Gasteiger partial charge in [-0.3, -0.25) is 0 Å². The number of hydrazine groups is 1. The molecule has 13 heavy (non-hydrogen) atoms. The predicted molar refractivity (Wildman–Crippen MR) is 56.8 cm³/mol. The topological polar surface area (TPSA) is 76.4 Å². The van der Waals surface area contributed by atoms with Crippen molar-refractivity contribution in [2.75, 3.05) is 0 Å². The van der Waals surface area contributed by atoms with E-state index < -0.39 is 0 Å². The Morgan fingerprint density at radius 3 is 2.54 bits per heavy atom. The molecule has 0 rings (SSSR count). The van der Waals surface area contributed by atoms with Gasteiger partial charge in [0.15, 0.2) is 5.84 Å². The second-order valence-corrected chi connectivity index (χ2v) is 2.67. The molecule has 0 atom stereocenters. The number of amidine groups is 1. The lowest BCUT2D eigenvalue weighted by atomic mass is 10.1. The lowest BCUT2D eigenvalue weighted by molar-refractivity contribution is 0.803. The third kappa shape index (κ3) is 3.75. The summed E-state index contributed by atoms with van der Waals surface area (Å²) < 4.78 is 0. The number of nitrogens with zero attached hydrogens (tertiary/aromatic N) is 1. The quantitative estimate of drug-likeness (QED) is 0.200. The molecule has 5 N–H and O–H groups in total. The molecule has 0 bridgehead atoms. The zero-order valence-electron chi connectivity index (χ0n) is 8.46. The second-order valence-electron chi connectivity index (χ2n) is 2.67. The Hall–Kier alpha value is -1.29. The highest BCUT2D eigenvalue weighted by Crippen LogP contribution is 2.09. The highest BCUT2D eigenvalue weighted by molar-refractivity contribution is 5.99. The van der Waals surface area contributed by atoms with Gasteiger partial charge in [0.05, 0.1) is 0 Å². The van der Waals surface area contributed by atoms with Crippen LogP contribution in [-0.2, 0) is 0 Å². The Morgan fingerprint density at radius 1 is 1.54 bits per heavy atom. The minimum atomic E-state index is 0.417. The molecule has 0 aliphatic carbocycles. The summed E-state index contributed by atoms with van der Waals surface area (Å²) in [6.07, 6.45) is 4.79. The molecular weight excluding hydrogens is 164 g/mol. The third-order valence-electron chi connectivity index (χ3n) is 1.78. The van der Waals surface area contributed by atoms with Crippen molar-refractivity contribution in [1.29, 1.82) is 0 Å². The Bertz CT molecular complexity index is 238. The van der Waals surface area contributed by atoms with E-state index in [1.54, 1.807) is 0 Å². The molecule has 74 valence electrons. The first-order valence-corrected chi connectivity index (χ1v) is 4.28. The highest BCUT2D eigenvalue weighted by atomic mass is 15.5. The number of hydrogen-bond donors (Lipinski definition) is 3. The Balaban J connectivity index is 4.92. The number of hydrazone groups is 1. The maximum Gasteiger partial charge on any atom is 0.152 e. The Morgan fingerprint density at radius 2 is 2.15 bits per heavy atom. The van der Waals surface area contributed by atoms with Gasteiger partial charge in [0, 0.05) is 5.57 Å². The number of rotatable bonds is 4. The molecule has 0 aliphatic heterocycles. The van der Waals surface area contributed by atoms with Crippen LogP contribution < -0.4 is 17.1 Å². The van der Waals surface area contributed by atoms with E-state index in [0.717, 1.165) is 12.0 Å². The van der Waals surface area contributed by atoms with Crippen LogP contribution in [0.1, 0.15) is 27.2 Å². The third-order valence-corrected chi connectivity index (χ3v) is 1.78. The van der Waals surface area contributed by atoms with Crippen LogP contribution in [0, 0.1) is 0 Å². The predicted octanol–water partition coefficient (Wildman–Crippen LogP) is 1.02. The maximum absolute atomic E-state index is 5.69. The van der Waals surface area contributed by atoms with E-state index in [9.17, 15) is 0 Å². The van der Waals surface area contributed by atoms with Crippen LogP contribution >= 0.6 is 0 Å². The van der Waals surface area contributed by atoms with Crippen molar-refractivity contribution in [2.45, 2.75) is 27.2 Å². The summed E-state index contributed by atoms with van der Waals surface area (Å²) >= 11 is 0. The first-order valence-electron chi connectivity index (χ1n) is 4.28. The van der Waals surface area contributed by atoms with Gasteiger partial charge in [0.1, 0.15) is 0 Å². The number of allylic oxidation sites excluding steroid dienone is 2. The minimum Gasteiger partial charge on any atom is -0.382 e. The van der Waals surface area contributed by atoms with Crippen molar-refractivity contribution in [3.8, 4) is 0 Å². The molecule has 0 amide bonds. The van der Waals surface area contributed by atoms with Crippen molar-refractivity contribution in [3.63, 3.8) is 0 Å². The van der Waals surface area contributed by atoms with E-state index in [0.29, 0.717) is 5.84 Å². The van der Waals surface area contributed by atoms with Gasteiger partial charge in [-0.2, -0.15) is 0 Å². The molecule has 0 heterocycles.